The highest BCUT2D eigenvalue weighted by atomic mass is 16.5. The number of ether oxygens (including phenoxy) is 2. The normalized spacial score (nSPS) is 10.8. The van der Waals surface area contributed by atoms with Gasteiger partial charge in [0.2, 0.25) is 0 Å². The van der Waals surface area contributed by atoms with Crippen LogP contribution in [0, 0.1) is 6.92 Å². The molecule has 2 aromatic carbocycles. The minimum absolute atomic E-state index is 0.604. The van der Waals surface area contributed by atoms with Crippen LogP contribution in [0.4, 0.5) is 5.69 Å². The molecule has 0 aromatic heterocycles. The minimum atomic E-state index is 0.604. The lowest BCUT2D eigenvalue weighted by molar-refractivity contribution is 0.272. The first-order chi connectivity index (χ1) is 11.7. The minimum Gasteiger partial charge on any atom is -0.490 e. The Balaban J connectivity index is 2.02. The lowest BCUT2D eigenvalue weighted by atomic mass is 10.2. The molecule has 24 heavy (non-hydrogen) atoms. The molecule has 2 rings (SSSR count). The Morgan fingerprint density at radius 3 is 2.50 bits per heavy atom. The maximum Gasteiger partial charge on any atom is 0.161 e. The largest absolute Gasteiger partial charge is 0.490 e. The average Bonchev–Trinajstić information content (AvgIpc) is 2.59. The average molecular weight is 326 g/mol. The fourth-order valence-electron chi connectivity index (χ4n) is 2.13. The van der Waals surface area contributed by atoms with Gasteiger partial charge < -0.3 is 9.47 Å². The van der Waals surface area contributed by atoms with Crippen molar-refractivity contribution in [3.8, 4) is 11.5 Å². The fourth-order valence-corrected chi connectivity index (χ4v) is 2.13. The number of nitrogens with zero attached hydrogens (tertiary/aromatic N) is 1. The van der Waals surface area contributed by atoms with E-state index in [-0.39, 0.29) is 0 Å². The van der Waals surface area contributed by atoms with Gasteiger partial charge in [-0.2, -0.15) is 5.10 Å². The van der Waals surface area contributed by atoms with E-state index in [9.17, 15) is 0 Å². The van der Waals surface area contributed by atoms with Crippen LogP contribution in [0.2, 0.25) is 0 Å². The van der Waals surface area contributed by atoms with Crippen LogP contribution in [0.1, 0.15) is 37.8 Å². The maximum absolute atomic E-state index is 5.78. The lowest BCUT2D eigenvalue weighted by Crippen LogP contribution is -2.01. The topological polar surface area (TPSA) is 42.8 Å². The molecule has 0 heterocycles. The van der Waals surface area contributed by atoms with Crippen molar-refractivity contribution in [2.75, 3.05) is 18.6 Å². The molecular weight excluding hydrogens is 300 g/mol. The standard InChI is InChI=1S/C20H26N2O2/c1-4-6-13-24-19-12-9-17(14-20(19)23-5-2)15-21-22-18-10-7-16(3)8-11-18/h7-12,14-15,22H,4-6,13H2,1-3H3/b21-15+. The number of hydrogen-bond donors (Lipinski definition) is 1. The van der Waals surface area contributed by atoms with Crippen LogP contribution in [-0.4, -0.2) is 19.4 Å². The van der Waals surface area contributed by atoms with Gasteiger partial charge in [0.1, 0.15) is 0 Å². The zero-order chi connectivity index (χ0) is 17.2. The highest BCUT2D eigenvalue weighted by molar-refractivity contribution is 5.81. The van der Waals surface area contributed by atoms with Crippen LogP contribution >= 0.6 is 0 Å². The van der Waals surface area contributed by atoms with Crippen LogP contribution in [0.15, 0.2) is 47.6 Å². The van der Waals surface area contributed by atoms with Crippen LogP contribution in [0.3, 0.4) is 0 Å². The van der Waals surface area contributed by atoms with Crippen molar-refractivity contribution in [1.82, 2.24) is 0 Å². The monoisotopic (exact) mass is 326 g/mol. The predicted molar refractivity (Wildman–Crippen MR) is 100 cm³/mol. The van der Waals surface area contributed by atoms with E-state index in [0.717, 1.165) is 35.6 Å². The highest BCUT2D eigenvalue weighted by Gasteiger charge is 2.05. The molecule has 0 fully saturated rings. The molecule has 2 aromatic rings. The molecule has 0 aliphatic rings. The van der Waals surface area contributed by atoms with Gasteiger partial charge in [0, 0.05) is 0 Å². The number of hydrogen-bond acceptors (Lipinski definition) is 4. The molecule has 0 radical (unpaired) electrons. The van der Waals surface area contributed by atoms with E-state index >= 15 is 0 Å². The Labute approximate surface area is 144 Å². The van der Waals surface area contributed by atoms with Crippen molar-refractivity contribution in [1.29, 1.82) is 0 Å². The Kier molecular flexibility index (Phi) is 7.15. The van der Waals surface area contributed by atoms with Crippen molar-refractivity contribution < 1.29 is 9.47 Å². The first kappa shape index (κ1) is 17.9. The molecule has 0 spiro atoms. The fraction of sp³-hybridized carbons (Fsp3) is 0.350. The van der Waals surface area contributed by atoms with Crippen molar-refractivity contribution >= 4 is 11.9 Å². The number of unbranched alkanes of at least 4 members (excludes halogenated alkanes) is 1. The maximum atomic E-state index is 5.78. The molecule has 0 unspecified atom stereocenters. The van der Waals surface area contributed by atoms with Gasteiger partial charge in [0.15, 0.2) is 11.5 Å². The summed E-state index contributed by atoms with van der Waals surface area (Å²) in [6.45, 7) is 7.49. The second kappa shape index (κ2) is 9.60. The van der Waals surface area contributed by atoms with Crippen molar-refractivity contribution in [2.45, 2.75) is 33.6 Å². The molecule has 0 amide bonds. The first-order valence-electron chi connectivity index (χ1n) is 8.48. The van der Waals surface area contributed by atoms with E-state index < -0.39 is 0 Å². The summed E-state index contributed by atoms with van der Waals surface area (Å²) in [6, 6.07) is 14.0. The SMILES string of the molecule is CCCCOc1ccc(/C=N/Nc2ccc(C)cc2)cc1OCC. The second-order valence-corrected chi connectivity index (χ2v) is 5.58. The summed E-state index contributed by atoms with van der Waals surface area (Å²) < 4.78 is 11.5. The van der Waals surface area contributed by atoms with E-state index in [2.05, 4.69) is 24.4 Å². The van der Waals surface area contributed by atoms with Gasteiger partial charge in [0.25, 0.3) is 0 Å². The molecule has 1 N–H and O–H groups in total. The van der Waals surface area contributed by atoms with Crippen molar-refractivity contribution in [3.05, 3.63) is 53.6 Å². The van der Waals surface area contributed by atoms with E-state index in [1.54, 1.807) is 6.21 Å². The third-order valence-corrected chi connectivity index (χ3v) is 3.48. The molecular formula is C20H26N2O2. The quantitative estimate of drug-likeness (QED) is 0.400. The van der Waals surface area contributed by atoms with E-state index in [0.29, 0.717) is 13.2 Å². The zero-order valence-corrected chi connectivity index (χ0v) is 14.7. The van der Waals surface area contributed by atoms with Gasteiger partial charge in [-0.1, -0.05) is 31.0 Å². The second-order valence-electron chi connectivity index (χ2n) is 5.58. The summed E-state index contributed by atoms with van der Waals surface area (Å²) in [7, 11) is 0. The van der Waals surface area contributed by atoms with Crippen LogP contribution in [0.5, 0.6) is 11.5 Å². The highest BCUT2D eigenvalue weighted by Crippen LogP contribution is 2.28. The van der Waals surface area contributed by atoms with E-state index in [1.807, 2.05) is 49.4 Å². The Bertz CT molecular complexity index is 651. The third kappa shape index (κ3) is 5.61. The van der Waals surface area contributed by atoms with Crippen molar-refractivity contribution in [3.63, 3.8) is 0 Å². The molecule has 0 aliphatic heterocycles. The number of benzene rings is 2. The van der Waals surface area contributed by atoms with Gasteiger partial charge in [-0.15, -0.1) is 0 Å². The predicted octanol–water partition coefficient (Wildman–Crippen LogP) is 5.02. The molecule has 0 bridgehead atoms. The number of hydrazone groups is 1. The number of rotatable bonds is 9. The molecule has 0 aliphatic carbocycles. The summed E-state index contributed by atoms with van der Waals surface area (Å²) in [5.74, 6) is 1.54. The number of aryl methyl sites for hydroxylation is 1. The van der Waals surface area contributed by atoms with Crippen LogP contribution in [0.25, 0.3) is 0 Å². The van der Waals surface area contributed by atoms with E-state index in [4.69, 9.17) is 9.47 Å². The van der Waals surface area contributed by atoms with Gasteiger partial charge in [0.05, 0.1) is 25.1 Å². The Morgan fingerprint density at radius 1 is 1.00 bits per heavy atom. The zero-order valence-electron chi connectivity index (χ0n) is 14.7. The lowest BCUT2D eigenvalue weighted by Gasteiger charge is -2.12. The first-order valence-corrected chi connectivity index (χ1v) is 8.48. The van der Waals surface area contributed by atoms with Gasteiger partial charge in [-0.25, -0.2) is 0 Å². The Hall–Kier alpha value is -2.49. The van der Waals surface area contributed by atoms with Gasteiger partial charge in [-0.3, -0.25) is 5.43 Å². The number of nitrogens with one attached hydrogen (secondary N) is 1. The third-order valence-electron chi connectivity index (χ3n) is 3.48. The van der Waals surface area contributed by atoms with Crippen LogP contribution in [-0.2, 0) is 0 Å². The van der Waals surface area contributed by atoms with Crippen molar-refractivity contribution in [2.24, 2.45) is 5.10 Å². The van der Waals surface area contributed by atoms with E-state index in [1.165, 1.54) is 5.56 Å². The number of anilines is 1. The smallest absolute Gasteiger partial charge is 0.161 e. The summed E-state index contributed by atoms with van der Waals surface area (Å²) in [6.07, 6.45) is 3.92. The van der Waals surface area contributed by atoms with Crippen LogP contribution < -0.4 is 14.9 Å². The summed E-state index contributed by atoms with van der Waals surface area (Å²) in [4.78, 5) is 0. The van der Waals surface area contributed by atoms with Gasteiger partial charge >= 0.3 is 0 Å². The molecule has 128 valence electrons. The summed E-state index contributed by atoms with van der Waals surface area (Å²) >= 11 is 0. The van der Waals surface area contributed by atoms with Gasteiger partial charge in [-0.05, 0) is 56.2 Å². The summed E-state index contributed by atoms with van der Waals surface area (Å²) in [5.41, 5.74) is 6.17. The Morgan fingerprint density at radius 2 is 1.79 bits per heavy atom. The summed E-state index contributed by atoms with van der Waals surface area (Å²) in [5, 5.41) is 4.28. The molecule has 0 atom stereocenters. The molecule has 4 nitrogen and oxygen atoms in total. The molecule has 4 heteroatoms. The molecule has 0 saturated heterocycles. The molecule has 0 saturated carbocycles.